The van der Waals surface area contributed by atoms with Gasteiger partial charge in [-0.15, -0.1) is 0 Å². The highest BCUT2D eigenvalue weighted by Gasteiger charge is 2.46. The SMILES string of the molecule is COc1ccccc1N1C[C@H]2CC[C@H](N(C)[C@@H](CC(C)C)C(N)=O)[C@H]2C1. The number of methoxy groups -OCH3 is 1. The molecule has 1 amide bonds. The van der Waals surface area contributed by atoms with Crippen molar-refractivity contribution in [3.05, 3.63) is 24.3 Å². The number of primary amides is 1. The largest absolute Gasteiger partial charge is 0.495 e. The van der Waals surface area contributed by atoms with Crippen LogP contribution in [0.3, 0.4) is 0 Å². The number of nitrogens with zero attached hydrogens (tertiary/aromatic N) is 2. The Morgan fingerprint density at radius 3 is 2.69 bits per heavy atom. The minimum atomic E-state index is -0.191. The van der Waals surface area contributed by atoms with Crippen LogP contribution >= 0.6 is 0 Å². The molecule has 0 unspecified atom stereocenters. The predicted octanol–water partition coefficient (Wildman–Crippen LogP) is 2.74. The Morgan fingerprint density at radius 2 is 2.04 bits per heavy atom. The van der Waals surface area contributed by atoms with Gasteiger partial charge in [-0.2, -0.15) is 0 Å². The second-order valence-electron chi connectivity index (χ2n) is 8.36. The molecule has 144 valence electrons. The van der Waals surface area contributed by atoms with Gasteiger partial charge in [0.15, 0.2) is 0 Å². The van der Waals surface area contributed by atoms with E-state index < -0.39 is 0 Å². The highest BCUT2D eigenvalue weighted by molar-refractivity contribution is 5.79. The standard InChI is InChI=1S/C21H33N3O2/c1-14(2)11-19(21(22)25)23(3)17-10-9-15-12-24(13-16(15)17)18-7-5-6-8-20(18)26-4/h5-8,14-17,19H,9-13H2,1-4H3,(H2,22,25)/t15-,16+,17+,19+/m1/s1. The molecule has 1 aromatic carbocycles. The van der Waals surface area contributed by atoms with Gasteiger partial charge in [0.2, 0.25) is 5.91 Å². The Hall–Kier alpha value is -1.75. The van der Waals surface area contributed by atoms with Crippen LogP contribution in [0.5, 0.6) is 5.75 Å². The number of rotatable bonds is 7. The van der Waals surface area contributed by atoms with E-state index in [9.17, 15) is 4.79 Å². The zero-order valence-corrected chi connectivity index (χ0v) is 16.5. The Morgan fingerprint density at radius 1 is 1.31 bits per heavy atom. The van der Waals surface area contributed by atoms with Crippen LogP contribution < -0.4 is 15.4 Å². The molecule has 2 N–H and O–H groups in total. The van der Waals surface area contributed by atoms with Crippen molar-refractivity contribution in [3.63, 3.8) is 0 Å². The Kier molecular flexibility index (Phi) is 5.76. The molecule has 1 saturated carbocycles. The van der Waals surface area contributed by atoms with Crippen molar-refractivity contribution in [2.24, 2.45) is 23.5 Å². The number of fused-ring (bicyclic) bond motifs is 1. The van der Waals surface area contributed by atoms with Crippen LogP contribution in [0.15, 0.2) is 24.3 Å². The average Bonchev–Trinajstić information content (AvgIpc) is 3.19. The fourth-order valence-electron chi connectivity index (χ4n) is 4.99. The molecule has 1 aliphatic heterocycles. The first-order chi connectivity index (χ1) is 12.4. The van der Waals surface area contributed by atoms with Crippen LogP contribution in [0.1, 0.15) is 33.1 Å². The van der Waals surface area contributed by atoms with Crippen LogP contribution in [-0.4, -0.2) is 50.1 Å². The van der Waals surface area contributed by atoms with Gasteiger partial charge < -0.3 is 15.4 Å². The van der Waals surface area contributed by atoms with E-state index in [0.29, 0.717) is 23.8 Å². The molecule has 26 heavy (non-hydrogen) atoms. The van der Waals surface area contributed by atoms with Crippen LogP contribution in [0.2, 0.25) is 0 Å². The third kappa shape index (κ3) is 3.68. The number of anilines is 1. The van der Waals surface area contributed by atoms with Gasteiger partial charge in [-0.25, -0.2) is 0 Å². The summed E-state index contributed by atoms with van der Waals surface area (Å²) in [4.78, 5) is 16.8. The normalized spacial score (nSPS) is 26.4. The molecule has 0 bridgehead atoms. The van der Waals surface area contributed by atoms with Crippen molar-refractivity contribution in [2.75, 3.05) is 32.1 Å². The van der Waals surface area contributed by atoms with Gasteiger partial charge in [0.1, 0.15) is 5.75 Å². The Bertz CT molecular complexity index is 633. The zero-order chi connectivity index (χ0) is 18.8. The molecule has 5 nitrogen and oxygen atoms in total. The maximum absolute atomic E-state index is 12.0. The number of hydrogen-bond donors (Lipinski definition) is 1. The molecule has 0 radical (unpaired) electrons. The number of likely N-dealkylation sites (N-methyl/N-ethyl adjacent to an activating group) is 1. The van der Waals surface area contributed by atoms with Gasteiger partial charge in [0.05, 0.1) is 18.8 Å². The monoisotopic (exact) mass is 359 g/mol. The van der Waals surface area contributed by atoms with E-state index in [1.807, 2.05) is 12.1 Å². The maximum Gasteiger partial charge on any atom is 0.234 e. The van der Waals surface area contributed by atoms with E-state index in [0.717, 1.165) is 31.7 Å². The van der Waals surface area contributed by atoms with E-state index in [1.165, 1.54) is 12.1 Å². The maximum atomic E-state index is 12.0. The number of benzene rings is 1. The molecule has 0 spiro atoms. The van der Waals surface area contributed by atoms with Crippen LogP contribution in [0.4, 0.5) is 5.69 Å². The lowest BCUT2D eigenvalue weighted by molar-refractivity contribution is -0.124. The van der Waals surface area contributed by atoms with Crippen molar-refractivity contribution in [1.82, 2.24) is 4.90 Å². The molecular formula is C21H33N3O2. The molecule has 1 saturated heterocycles. The Balaban J connectivity index is 1.74. The van der Waals surface area contributed by atoms with Crippen molar-refractivity contribution in [3.8, 4) is 5.75 Å². The summed E-state index contributed by atoms with van der Waals surface area (Å²) in [6.07, 6.45) is 3.21. The quantitative estimate of drug-likeness (QED) is 0.813. The molecule has 4 atom stereocenters. The molecule has 2 fully saturated rings. The highest BCUT2D eigenvalue weighted by atomic mass is 16.5. The van der Waals surface area contributed by atoms with Crippen molar-refractivity contribution in [1.29, 1.82) is 0 Å². The van der Waals surface area contributed by atoms with Crippen molar-refractivity contribution < 1.29 is 9.53 Å². The highest BCUT2D eigenvalue weighted by Crippen LogP contribution is 2.44. The zero-order valence-electron chi connectivity index (χ0n) is 16.5. The number of ether oxygens (including phenoxy) is 1. The van der Waals surface area contributed by atoms with E-state index in [2.05, 4.69) is 42.8 Å². The van der Waals surface area contributed by atoms with E-state index >= 15 is 0 Å². The van der Waals surface area contributed by atoms with E-state index in [1.54, 1.807) is 7.11 Å². The van der Waals surface area contributed by atoms with E-state index in [4.69, 9.17) is 10.5 Å². The van der Waals surface area contributed by atoms with Crippen LogP contribution in [0, 0.1) is 17.8 Å². The van der Waals surface area contributed by atoms with Gasteiger partial charge in [-0.1, -0.05) is 26.0 Å². The first-order valence-corrected chi connectivity index (χ1v) is 9.81. The summed E-state index contributed by atoms with van der Waals surface area (Å²) in [7, 11) is 3.83. The first kappa shape index (κ1) is 19.0. The summed E-state index contributed by atoms with van der Waals surface area (Å²) in [5.74, 6) is 2.47. The third-order valence-electron chi connectivity index (χ3n) is 6.28. The molecule has 1 aromatic rings. The number of amides is 1. The summed E-state index contributed by atoms with van der Waals surface area (Å²) in [6.45, 7) is 6.40. The molecule has 0 aromatic heterocycles. The number of carbonyl (C=O) groups is 1. The first-order valence-electron chi connectivity index (χ1n) is 9.81. The predicted molar refractivity (Wildman–Crippen MR) is 105 cm³/mol. The second-order valence-corrected chi connectivity index (χ2v) is 8.36. The third-order valence-corrected chi connectivity index (χ3v) is 6.28. The lowest BCUT2D eigenvalue weighted by Gasteiger charge is -2.35. The molecule has 1 heterocycles. The molecule has 2 aliphatic rings. The summed E-state index contributed by atoms with van der Waals surface area (Å²) in [5, 5.41) is 0. The minimum absolute atomic E-state index is 0.168. The lowest BCUT2D eigenvalue weighted by atomic mass is 9.94. The van der Waals surface area contributed by atoms with Gasteiger partial charge >= 0.3 is 0 Å². The number of hydrogen-bond acceptors (Lipinski definition) is 4. The van der Waals surface area contributed by atoms with Crippen molar-refractivity contribution in [2.45, 2.75) is 45.2 Å². The number of para-hydroxylation sites is 2. The van der Waals surface area contributed by atoms with Gasteiger partial charge in [-0.05, 0) is 56.2 Å². The second kappa shape index (κ2) is 7.87. The van der Waals surface area contributed by atoms with Gasteiger partial charge in [0.25, 0.3) is 0 Å². The molecular weight excluding hydrogens is 326 g/mol. The van der Waals surface area contributed by atoms with Gasteiger partial charge in [-0.3, -0.25) is 9.69 Å². The lowest BCUT2D eigenvalue weighted by Crippen LogP contribution is -2.50. The molecule has 1 aliphatic carbocycles. The summed E-state index contributed by atoms with van der Waals surface area (Å²) in [5.41, 5.74) is 6.92. The number of carbonyl (C=O) groups excluding carboxylic acids is 1. The summed E-state index contributed by atoms with van der Waals surface area (Å²) < 4.78 is 5.55. The molecule has 5 heteroatoms. The Labute approximate surface area is 157 Å². The van der Waals surface area contributed by atoms with Crippen LogP contribution in [0.25, 0.3) is 0 Å². The fourth-order valence-corrected chi connectivity index (χ4v) is 4.99. The minimum Gasteiger partial charge on any atom is -0.495 e. The summed E-state index contributed by atoms with van der Waals surface area (Å²) >= 11 is 0. The topological polar surface area (TPSA) is 58.8 Å². The molecule has 3 rings (SSSR count). The summed E-state index contributed by atoms with van der Waals surface area (Å²) in [6, 6.07) is 8.51. The van der Waals surface area contributed by atoms with E-state index in [-0.39, 0.29) is 11.9 Å². The fraction of sp³-hybridized carbons (Fsp3) is 0.667. The van der Waals surface area contributed by atoms with Crippen LogP contribution in [-0.2, 0) is 4.79 Å². The van der Waals surface area contributed by atoms with Gasteiger partial charge in [0, 0.05) is 19.1 Å². The smallest absolute Gasteiger partial charge is 0.234 e. The number of nitrogens with two attached hydrogens (primary N) is 1. The average molecular weight is 360 g/mol. The van der Waals surface area contributed by atoms with Crippen molar-refractivity contribution >= 4 is 11.6 Å².